The third-order valence-electron chi connectivity index (χ3n) is 4.99. The molecule has 0 fully saturated rings. The minimum Gasteiger partial charge on any atom is -0.352 e. The van der Waals surface area contributed by atoms with Crippen LogP contribution >= 0.6 is 11.6 Å². The van der Waals surface area contributed by atoms with Gasteiger partial charge in [0.15, 0.2) is 0 Å². The molecule has 2 amide bonds. The van der Waals surface area contributed by atoms with E-state index < -0.39 is 28.5 Å². The van der Waals surface area contributed by atoms with Crippen LogP contribution in [-0.4, -0.2) is 50.0 Å². The summed E-state index contributed by atoms with van der Waals surface area (Å²) in [6.45, 7) is 6.98. The van der Waals surface area contributed by atoms with Gasteiger partial charge in [0, 0.05) is 17.6 Å². The number of carbonyl (C=O) groups is 2. The summed E-state index contributed by atoms with van der Waals surface area (Å²) in [7, 11) is -3.76. The molecule has 2 aromatic carbocycles. The maximum atomic E-state index is 13.4. The van der Waals surface area contributed by atoms with Gasteiger partial charge in [0.2, 0.25) is 21.8 Å². The number of halogens is 1. The molecule has 0 bridgehead atoms. The lowest BCUT2D eigenvalue weighted by Crippen LogP contribution is -2.52. The van der Waals surface area contributed by atoms with Crippen molar-refractivity contribution in [1.82, 2.24) is 10.2 Å². The van der Waals surface area contributed by atoms with Crippen molar-refractivity contribution in [3.05, 3.63) is 64.7 Å². The number of hydrogen-bond acceptors (Lipinski definition) is 4. The molecular formula is C23H30ClN3O4S. The number of hydrogen-bond donors (Lipinski definition) is 1. The van der Waals surface area contributed by atoms with Gasteiger partial charge < -0.3 is 10.2 Å². The molecule has 0 spiro atoms. The SMILES string of the molecule is Cc1ccccc1CN(C(=O)CN(c1ccc(Cl)cc1)S(C)(=O)=O)C(C)C(=O)NC(C)C. The maximum Gasteiger partial charge on any atom is 0.244 e. The number of anilines is 1. The van der Waals surface area contributed by atoms with Crippen LogP contribution in [0.25, 0.3) is 0 Å². The van der Waals surface area contributed by atoms with Gasteiger partial charge in [-0.1, -0.05) is 35.9 Å². The van der Waals surface area contributed by atoms with E-state index in [1.807, 2.05) is 45.0 Å². The van der Waals surface area contributed by atoms with E-state index in [1.54, 1.807) is 19.1 Å². The first kappa shape index (κ1) is 25.7. The van der Waals surface area contributed by atoms with Crippen molar-refractivity contribution in [2.24, 2.45) is 0 Å². The second kappa shape index (κ2) is 10.8. The van der Waals surface area contributed by atoms with E-state index in [-0.39, 0.29) is 18.5 Å². The summed E-state index contributed by atoms with van der Waals surface area (Å²) in [4.78, 5) is 27.5. The van der Waals surface area contributed by atoms with Crippen LogP contribution < -0.4 is 9.62 Å². The van der Waals surface area contributed by atoms with Crippen molar-refractivity contribution >= 4 is 39.1 Å². The number of amides is 2. The van der Waals surface area contributed by atoms with Gasteiger partial charge in [0.1, 0.15) is 12.6 Å². The van der Waals surface area contributed by atoms with Crippen LogP contribution in [0.2, 0.25) is 5.02 Å². The first-order chi connectivity index (χ1) is 14.9. The zero-order valence-electron chi connectivity index (χ0n) is 19.0. The summed E-state index contributed by atoms with van der Waals surface area (Å²) in [5.41, 5.74) is 2.17. The van der Waals surface area contributed by atoms with Crippen molar-refractivity contribution in [1.29, 1.82) is 0 Å². The summed E-state index contributed by atoms with van der Waals surface area (Å²) >= 11 is 5.92. The smallest absolute Gasteiger partial charge is 0.244 e. The predicted molar refractivity (Wildman–Crippen MR) is 128 cm³/mol. The summed E-state index contributed by atoms with van der Waals surface area (Å²) in [5, 5.41) is 3.27. The Morgan fingerprint density at radius 1 is 1.03 bits per heavy atom. The van der Waals surface area contributed by atoms with Gasteiger partial charge in [-0.2, -0.15) is 0 Å². The van der Waals surface area contributed by atoms with Gasteiger partial charge in [-0.05, 0) is 63.1 Å². The molecule has 0 radical (unpaired) electrons. The van der Waals surface area contributed by atoms with E-state index in [1.165, 1.54) is 17.0 Å². The Morgan fingerprint density at radius 3 is 2.16 bits per heavy atom. The van der Waals surface area contributed by atoms with Crippen LogP contribution in [0.5, 0.6) is 0 Å². The molecular weight excluding hydrogens is 450 g/mol. The highest BCUT2D eigenvalue weighted by atomic mass is 35.5. The van der Waals surface area contributed by atoms with E-state index in [0.29, 0.717) is 10.7 Å². The van der Waals surface area contributed by atoms with Crippen molar-refractivity contribution in [3.8, 4) is 0 Å². The lowest BCUT2D eigenvalue weighted by molar-refractivity contribution is -0.139. The Balaban J connectivity index is 2.39. The average Bonchev–Trinajstić information content (AvgIpc) is 2.70. The zero-order chi connectivity index (χ0) is 24.1. The molecule has 2 aromatic rings. The summed E-state index contributed by atoms with van der Waals surface area (Å²) < 4.78 is 26.0. The number of aryl methyl sites for hydroxylation is 1. The third-order valence-corrected chi connectivity index (χ3v) is 6.39. The van der Waals surface area contributed by atoms with Gasteiger partial charge in [0.25, 0.3) is 0 Å². The van der Waals surface area contributed by atoms with Crippen molar-refractivity contribution in [2.75, 3.05) is 17.1 Å². The van der Waals surface area contributed by atoms with E-state index in [9.17, 15) is 18.0 Å². The van der Waals surface area contributed by atoms with Crippen LogP contribution in [0.15, 0.2) is 48.5 Å². The molecule has 0 saturated heterocycles. The van der Waals surface area contributed by atoms with Crippen molar-refractivity contribution < 1.29 is 18.0 Å². The standard InChI is InChI=1S/C23H30ClN3O4S/c1-16(2)25-23(29)18(4)26(14-19-9-7-6-8-17(19)3)22(28)15-27(32(5,30)31)21-12-10-20(24)11-13-21/h6-13,16,18H,14-15H2,1-5H3,(H,25,29). The number of rotatable bonds is 9. The van der Waals surface area contributed by atoms with Crippen LogP contribution in [0, 0.1) is 6.92 Å². The van der Waals surface area contributed by atoms with Crippen LogP contribution in [0.3, 0.4) is 0 Å². The number of benzene rings is 2. The van der Waals surface area contributed by atoms with E-state index >= 15 is 0 Å². The minimum atomic E-state index is -3.76. The summed E-state index contributed by atoms with van der Waals surface area (Å²) in [6.07, 6.45) is 1.04. The zero-order valence-corrected chi connectivity index (χ0v) is 20.6. The molecule has 9 heteroatoms. The van der Waals surface area contributed by atoms with Gasteiger partial charge in [-0.25, -0.2) is 8.42 Å². The molecule has 174 valence electrons. The van der Waals surface area contributed by atoms with Gasteiger partial charge in [0.05, 0.1) is 11.9 Å². The van der Waals surface area contributed by atoms with Crippen molar-refractivity contribution in [3.63, 3.8) is 0 Å². The molecule has 0 saturated carbocycles. The second-order valence-corrected chi connectivity index (χ2v) is 10.4. The third kappa shape index (κ3) is 6.97. The fraction of sp³-hybridized carbons (Fsp3) is 0.391. The fourth-order valence-electron chi connectivity index (χ4n) is 3.18. The Hall–Kier alpha value is -2.58. The normalized spacial score (nSPS) is 12.3. The Kier molecular flexibility index (Phi) is 8.69. The van der Waals surface area contributed by atoms with Crippen LogP contribution in [0.1, 0.15) is 31.9 Å². The highest BCUT2D eigenvalue weighted by Gasteiger charge is 2.30. The van der Waals surface area contributed by atoms with Gasteiger partial charge in [-0.15, -0.1) is 0 Å². The Labute approximate surface area is 195 Å². The first-order valence-corrected chi connectivity index (χ1v) is 12.5. The summed E-state index contributed by atoms with van der Waals surface area (Å²) in [5.74, 6) is -0.792. The Morgan fingerprint density at radius 2 is 1.62 bits per heavy atom. The second-order valence-electron chi connectivity index (χ2n) is 8.03. The molecule has 32 heavy (non-hydrogen) atoms. The maximum absolute atomic E-state index is 13.4. The molecule has 1 unspecified atom stereocenters. The number of nitrogens with one attached hydrogen (secondary N) is 1. The van der Waals surface area contributed by atoms with E-state index in [4.69, 9.17) is 11.6 Å². The monoisotopic (exact) mass is 479 g/mol. The van der Waals surface area contributed by atoms with E-state index in [0.717, 1.165) is 21.7 Å². The molecule has 0 aliphatic carbocycles. The molecule has 1 N–H and O–H groups in total. The molecule has 2 rings (SSSR count). The first-order valence-electron chi connectivity index (χ1n) is 10.3. The van der Waals surface area contributed by atoms with Crippen LogP contribution in [0.4, 0.5) is 5.69 Å². The van der Waals surface area contributed by atoms with Crippen molar-refractivity contribution in [2.45, 2.75) is 46.3 Å². The van der Waals surface area contributed by atoms with E-state index in [2.05, 4.69) is 5.32 Å². The number of nitrogens with zero attached hydrogens (tertiary/aromatic N) is 2. The molecule has 0 aliphatic heterocycles. The molecule has 0 heterocycles. The molecule has 1 atom stereocenters. The Bertz CT molecular complexity index is 1060. The molecule has 0 aromatic heterocycles. The largest absolute Gasteiger partial charge is 0.352 e. The number of carbonyl (C=O) groups excluding carboxylic acids is 2. The van der Waals surface area contributed by atoms with Gasteiger partial charge >= 0.3 is 0 Å². The topological polar surface area (TPSA) is 86.8 Å². The minimum absolute atomic E-state index is 0.0954. The highest BCUT2D eigenvalue weighted by Crippen LogP contribution is 2.21. The highest BCUT2D eigenvalue weighted by molar-refractivity contribution is 7.92. The lowest BCUT2D eigenvalue weighted by Gasteiger charge is -2.32. The average molecular weight is 480 g/mol. The van der Waals surface area contributed by atoms with Crippen LogP contribution in [-0.2, 0) is 26.2 Å². The molecule has 0 aliphatic rings. The number of sulfonamides is 1. The summed E-state index contributed by atoms with van der Waals surface area (Å²) in [6, 6.07) is 12.9. The molecule has 7 nitrogen and oxygen atoms in total. The van der Waals surface area contributed by atoms with Gasteiger partial charge in [-0.3, -0.25) is 13.9 Å². The quantitative estimate of drug-likeness (QED) is 0.597. The lowest BCUT2D eigenvalue weighted by atomic mass is 10.1. The predicted octanol–water partition coefficient (Wildman–Crippen LogP) is 3.36. The fourth-order valence-corrected chi connectivity index (χ4v) is 4.16.